The highest BCUT2D eigenvalue weighted by atomic mass is 16.4. The number of carbonyl (C=O) groups is 1. The van der Waals surface area contributed by atoms with E-state index >= 15 is 0 Å². The fraction of sp³-hybridized carbons (Fsp3) is 0.458. The van der Waals surface area contributed by atoms with E-state index in [1.807, 2.05) is 19.9 Å². The summed E-state index contributed by atoms with van der Waals surface area (Å²) in [5, 5.41) is 9.75. The number of nitrogens with zero attached hydrogens (tertiary/aromatic N) is 1. The summed E-state index contributed by atoms with van der Waals surface area (Å²) in [4.78, 5) is 14.3. The van der Waals surface area contributed by atoms with Gasteiger partial charge in [0, 0.05) is 24.7 Å². The molecule has 1 heterocycles. The molecule has 0 amide bonds. The van der Waals surface area contributed by atoms with Crippen LogP contribution in [-0.4, -0.2) is 24.2 Å². The molecule has 0 aromatic heterocycles. The zero-order valence-corrected chi connectivity index (χ0v) is 17.4. The molecule has 0 radical (unpaired) electrons. The molecule has 0 saturated carbocycles. The summed E-state index contributed by atoms with van der Waals surface area (Å²) in [6.45, 7) is 17.3. The zero-order chi connectivity index (χ0) is 20.4. The summed E-state index contributed by atoms with van der Waals surface area (Å²) in [7, 11) is 0. The number of anilines is 1. The molecule has 1 aromatic rings. The molecule has 1 atom stereocenters. The van der Waals surface area contributed by atoms with Crippen LogP contribution in [-0.2, 0) is 4.79 Å². The number of carboxylic acids is 1. The maximum atomic E-state index is 11.9. The molecule has 2 rings (SSSR count). The van der Waals surface area contributed by atoms with Gasteiger partial charge >= 0.3 is 5.97 Å². The number of benzene rings is 1. The monoisotopic (exact) mass is 369 g/mol. The van der Waals surface area contributed by atoms with Gasteiger partial charge in [0.2, 0.25) is 0 Å². The molecule has 1 fully saturated rings. The molecule has 1 saturated heterocycles. The molecule has 0 bridgehead atoms. The van der Waals surface area contributed by atoms with Crippen molar-refractivity contribution in [3.05, 3.63) is 66.8 Å². The second-order valence-corrected chi connectivity index (χ2v) is 7.21. The zero-order valence-electron chi connectivity index (χ0n) is 17.4. The van der Waals surface area contributed by atoms with Gasteiger partial charge < -0.3 is 10.0 Å². The molecule has 1 N–H and O–H groups in total. The third-order valence-electron chi connectivity index (χ3n) is 5.10. The van der Waals surface area contributed by atoms with Crippen LogP contribution in [0.4, 0.5) is 5.69 Å². The topological polar surface area (TPSA) is 40.5 Å². The number of rotatable bonds is 7. The minimum atomic E-state index is -0.949. The number of hydrogen-bond donors (Lipinski definition) is 1. The van der Waals surface area contributed by atoms with Crippen LogP contribution >= 0.6 is 0 Å². The molecule has 0 spiro atoms. The van der Waals surface area contributed by atoms with E-state index < -0.39 is 11.4 Å². The van der Waals surface area contributed by atoms with Crippen molar-refractivity contribution < 1.29 is 9.90 Å². The highest BCUT2D eigenvalue weighted by Crippen LogP contribution is 2.42. The number of carboxylic acid groups (broad SMARTS) is 1. The molecule has 1 aromatic carbocycles. The number of aliphatic carboxylic acids is 1. The molecular formula is C24H35NO2. The van der Waals surface area contributed by atoms with Crippen molar-refractivity contribution in [2.75, 3.05) is 18.0 Å². The smallest absolute Gasteiger partial charge is 0.310 e. The van der Waals surface area contributed by atoms with Gasteiger partial charge in [-0.2, -0.15) is 0 Å². The average Bonchev–Trinajstić information content (AvgIpc) is 2.70. The molecule has 0 aliphatic carbocycles. The van der Waals surface area contributed by atoms with Gasteiger partial charge in [-0.25, -0.2) is 0 Å². The Balaban J connectivity index is 0.00000176. The molecule has 3 heteroatoms. The summed E-state index contributed by atoms with van der Waals surface area (Å²) in [5.74, 6) is -1.11. The SMILES string of the molecule is C=C/C=C(\C=C)C(c1ccc(N2CCCCC2)cc1)C(C)(C)C(=O)O.CC. The van der Waals surface area contributed by atoms with Gasteiger partial charge in [0.1, 0.15) is 0 Å². The predicted octanol–water partition coefficient (Wildman–Crippen LogP) is 6.20. The van der Waals surface area contributed by atoms with Gasteiger partial charge in [0.25, 0.3) is 0 Å². The third-order valence-corrected chi connectivity index (χ3v) is 5.10. The quantitative estimate of drug-likeness (QED) is 0.582. The molecule has 1 unspecified atom stereocenters. The Kier molecular flexibility index (Phi) is 9.07. The Morgan fingerprint density at radius 2 is 1.67 bits per heavy atom. The lowest BCUT2D eigenvalue weighted by Gasteiger charge is -2.33. The van der Waals surface area contributed by atoms with Crippen molar-refractivity contribution in [1.29, 1.82) is 0 Å². The fourth-order valence-corrected chi connectivity index (χ4v) is 3.60. The predicted molar refractivity (Wildman–Crippen MR) is 116 cm³/mol. The second-order valence-electron chi connectivity index (χ2n) is 7.21. The normalized spacial score (nSPS) is 16.0. The van der Waals surface area contributed by atoms with Crippen LogP contribution in [0, 0.1) is 5.41 Å². The van der Waals surface area contributed by atoms with Crippen molar-refractivity contribution in [3.8, 4) is 0 Å². The van der Waals surface area contributed by atoms with Crippen LogP contribution in [0.5, 0.6) is 0 Å². The maximum Gasteiger partial charge on any atom is 0.310 e. The summed E-state index contributed by atoms with van der Waals surface area (Å²) < 4.78 is 0. The van der Waals surface area contributed by atoms with Crippen LogP contribution < -0.4 is 4.90 Å². The van der Waals surface area contributed by atoms with E-state index in [-0.39, 0.29) is 5.92 Å². The molecule has 1 aliphatic heterocycles. The van der Waals surface area contributed by atoms with Crippen LogP contribution in [0.3, 0.4) is 0 Å². The van der Waals surface area contributed by atoms with Crippen molar-refractivity contribution in [2.45, 2.75) is 52.9 Å². The van der Waals surface area contributed by atoms with Crippen molar-refractivity contribution >= 4 is 11.7 Å². The summed E-state index contributed by atoms with van der Waals surface area (Å²) >= 11 is 0. The first kappa shape index (κ1) is 22.8. The lowest BCUT2D eigenvalue weighted by molar-refractivity contribution is -0.147. The standard InChI is InChI=1S/C22H29NO2.C2H6/c1-5-10-17(6-2)20(22(3,4)21(24)25)18-11-13-19(14-12-18)23-15-8-7-9-16-23;1-2/h5-6,10-14,20H,1-2,7-9,15-16H2,3-4H3,(H,24,25);1-2H3/b17-10+;. The number of allylic oxidation sites excluding steroid dienone is 4. The van der Waals surface area contributed by atoms with Gasteiger partial charge in [-0.15, -0.1) is 0 Å². The van der Waals surface area contributed by atoms with Crippen molar-refractivity contribution in [1.82, 2.24) is 0 Å². The van der Waals surface area contributed by atoms with E-state index in [4.69, 9.17) is 0 Å². The molecule has 1 aliphatic rings. The summed E-state index contributed by atoms with van der Waals surface area (Å²) in [5.41, 5.74) is 2.12. The third kappa shape index (κ3) is 5.59. The van der Waals surface area contributed by atoms with Crippen LogP contribution in [0.1, 0.15) is 58.4 Å². The van der Waals surface area contributed by atoms with Gasteiger partial charge in [0.05, 0.1) is 5.41 Å². The minimum Gasteiger partial charge on any atom is -0.481 e. The van der Waals surface area contributed by atoms with E-state index in [0.717, 1.165) is 24.2 Å². The molecule has 27 heavy (non-hydrogen) atoms. The minimum absolute atomic E-state index is 0.282. The van der Waals surface area contributed by atoms with E-state index in [9.17, 15) is 9.90 Å². The Morgan fingerprint density at radius 1 is 1.11 bits per heavy atom. The van der Waals surface area contributed by atoms with Gasteiger partial charge in [-0.05, 0) is 56.4 Å². The fourth-order valence-electron chi connectivity index (χ4n) is 3.60. The van der Waals surface area contributed by atoms with E-state index in [1.54, 1.807) is 26.0 Å². The van der Waals surface area contributed by atoms with E-state index in [2.05, 4.69) is 42.3 Å². The number of hydrogen-bond acceptors (Lipinski definition) is 2. The largest absolute Gasteiger partial charge is 0.481 e. The Hall–Kier alpha value is -2.29. The lowest BCUT2D eigenvalue weighted by atomic mass is 9.70. The molecule has 3 nitrogen and oxygen atoms in total. The lowest BCUT2D eigenvalue weighted by Crippen LogP contribution is -2.32. The summed E-state index contributed by atoms with van der Waals surface area (Å²) in [6.07, 6.45) is 9.04. The van der Waals surface area contributed by atoms with Crippen LogP contribution in [0.2, 0.25) is 0 Å². The Labute approximate surface area is 165 Å². The first-order chi connectivity index (χ1) is 12.9. The van der Waals surface area contributed by atoms with Crippen molar-refractivity contribution in [2.24, 2.45) is 5.41 Å². The molecular weight excluding hydrogens is 334 g/mol. The maximum absolute atomic E-state index is 11.9. The first-order valence-corrected chi connectivity index (χ1v) is 9.95. The van der Waals surface area contributed by atoms with Crippen LogP contribution in [0.25, 0.3) is 0 Å². The van der Waals surface area contributed by atoms with E-state index in [0.29, 0.717) is 0 Å². The average molecular weight is 370 g/mol. The number of piperidine rings is 1. The second kappa shape index (κ2) is 10.8. The first-order valence-electron chi connectivity index (χ1n) is 9.95. The van der Waals surface area contributed by atoms with Crippen molar-refractivity contribution in [3.63, 3.8) is 0 Å². The van der Waals surface area contributed by atoms with Crippen LogP contribution in [0.15, 0.2) is 61.2 Å². The van der Waals surface area contributed by atoms with Gasteiger partial charge in [-0.1, -0.05) is 57.4 Å². The van der Waals surface area contributed by atoms with E-state index in [1.165, 1.54) is 24.9 Å². The Bertz CT molecular complexity index is 649. The van der Waals surface area contributed by atoms with Gasteiger partial charge in [0.15, 0.2) is 0 Å². The Morgan fingerprint density at radius 3 is 2.11 bits per heavy atom. The highest BCUT2D eigenvalue weighted by Gasteiger charge is 2.39. The summed E-state index contributed by atoms with van der Waals surface area (Å²) in [6, 6.07) is 8.33. The van der Waals surface area contributed by atoms with Gasteiger partial charge in [-0.3, -0.25) is 4.79 Å². The highest BCUT2D eigenvalue weighted by molar-refractivity contribution is 5.76. The molecule has 148 valence electrons.